The molecule has 3 heteroatoms. The Balaban J connectivity index is 1.87. The first-order valence-corrected chi connectivity index (χ1v) is 10.8. The summed E-state index contributed by atoms with van der Waals surface area (Å²) in [5, 5.41) is 13.3. The predicted molar refractivity (Wildman–Crippen MR) is 119 cm³/mol. The lowest BCUT2D eigenvalue weighted by Crippen LogP contribution is -2.32. The summed E-state index contributed by atoms with van der Waals surface area (Å²) in [6.07, 6.45) is 7.84. The Bertz CT molecular complexity index is 613. The van der Waals surface area contributed by atoms with Gasteiger partial charge in [-0.2, -0.15) is 0 Å². The Morgan fingerprint density at radius 1 is 1.11 bits per heavy atom. The fourth-order valence-corrected chi connectivity index (χ4v) is 4.37. The molecule has 0 aliphatic heterocycles. The van der Waals surface area contributed by atoms with Crippen LogP contribution in [0.4, 0.5) is 0 Å². The minimum Gasteiger partial charge on any atom is -0.491 e. The Labute approximate surface area is 171 Å². The zero-order chi connectivity index (χ0) is 20.5. The highest BCUT2D eigenvalue weighted by molar-refractivity contribution is 5.35. The first kappa shape index (κ1) is 22.7. The summed E-state index contributed by atoms with van der Waals surface area (Å²) in [7, 11) is 0. The van der Waals surface area contributed by atoms with Gasteiger partial charge in [-0.05, 0) is 60.6 Å². The molecule has 1 aromatic carbocycles. The number of para-hydroxylation sites is 1. The molecule has 0 spiro atoms. The number of rotatable bonds is 11. The third-order valence-corrected chi connectivity index (χ3v) is 6.71. The van der Waals surface area contributed by atoms with E-state index in [2.05, 4.69) is 57.8 Å². The molecule has 156 valence electrons. The molecule has 1 aromatic rings. The lowest BCUT2D eigenvalue weighted by atomic mass is 9.88. The Morgan fingerprint density at radius 2 is 1.79 bits per heavy atom. The van der Waals surface area contributed by atoms with Gasteiger partial charge < -0.3 is 15.2 Å². The van der Waals surface area contributed by atoms with Crippen LogP contribution in [0.3, 0.4) is 0 Å². The Kier molecular flexibility index (Phi) is 9.27. The summed E-state index contributed by atoms with van der Waals surface area (Å²) in [4.78, 5) is 0. The number of aliphatic hydroxyl groups excluding tert-OH is 1. The van der Waals surface area contributed by atoms with Crippen LogP contribution in [0.25, 0.3) is 0 Å². The average Bonchev–Trinajstić information content (AvgIpc) is 2.88. The summed E-state index contributed by atoms with van der Waals surface area (Å²) in [6.45, 7) is 14.9. The molecule has 1 fully saturated rings. The van der Waals surface area contributed by atoms with E-state index in [1.807, 2.05) is 24.3 Å². The highest BCUT2D eigenvalue weighted by Gasteiger charge is 2.39. The van der Waals surface area contributed by atoms with E-state index in [4.69, 9.17) is 4.74 Å². The second kappa shape index (κ2) is 11.4. The van der Waals surface area contributed by atoms with Crippen molar-refractivity contribution in [2.24, 2.45) is 29.6 Å². The number of hydrogen-bond acceptors (Lipinski definition) is 3. The lowest BCUT2D eigenvalue weighted by molar-refractivity contribution is 0.106. The van der Waals surface area contributed by atoms with Gasteiger partial charge in [0, 0.05) is 6.54 Å². The average molecular weight is 386 g/mol. The molecule has 1 aliphatic rings. The molecule has 28 heavy (non-hydrogen) atoms. The molecular weight excluding hydrogens is 346 g/mol. The Hall–Kier alpha value is -1.58. The summed E-state index contributed by atoms with van der Waals surface area (Å²) in [5.41, 5.74) is 1.17. The second-order valence-electron chi connectivity index (χ2n) is 8.50. The molecule has 0 amide bonds. The van der Waals surface area contributed by atoms with Crippen molar-refractivity contribution in [1.82, 2.24) is 5.32 Å². The highest BCUT2D eigenvalue weighted by atomic mass is 16.5. The van der Waals surface area contributed by atoms with E-state index in [0.29, 0.717) is 19.1 Å². The molecule has 5 unspecified atom stereocenters. The van der Waals surface area contributed by atoms with Crippen LogP contribution in [-0.4, -0.2) is 30.9 Å². The predicted octanol–water partition coefficient (Wildman–Crippen LogP) is 4.86. The van der Waals surface area contributed by atoms with Gasteiger partial charge in [-0.1, -0.05) is 64.1 Å². The lowest BCUT2D eigenvalue weighted by Gasteiger charge is -2.17. The van der Waals surface area contributed by atoms with Gasteiger partial charge in [0.1, 0.15) is 18.5 Å². The van der Waals surface area contributed by atoms with Crippen LogP contribution >= 0.6 is 0 Å². The molecule has 0 saturated heterocycles. The van der Waals surface area contributed by atoms with Crippen molar-refractivity contribution in [2.75, 3.05) is 19.7 Å². The quantitative estimate of drug-likeness (QED) is 0.422. The number of nitrogens with one attached hydrogen (secondary N) is 1. The molecule has 5 atom stereocenters. The van der Waals surface area contributed by atoms with Gasteiger partial charge in [0.25, 0.3) is 0 Å². The number of allylic oxidation sites excluding steroid dienone is 2. The minimum absolute atomic E-state index is 0.299. The van der Waals surface area contributed by atoms with E-state index in [0.717, 1.165) is 48.8 Å². The van der Waals surface area contributed by atoms with Gasteiger partial charge in [-0.3, -0.25) is 0 Å². The fourth-order valence-electron chi connectivity index (χ4n) is 4.37. The number of hydrogen-bond donors (Lipinski definition) is 2. The molecule has 0 heterocycles. The third-order valence-electron chi connectivity index (χ3n) is 6.71. The van der Waals surface area contributed by atoms with Gasteiger partial charge >= 0.3 is 0 Å². The van der Waals surface area contributed by atoms with Crippen LogP contribution in [0.15, 0.2) is 49.1 Å². The van der Waals surface area contributed by atoms with E-state index in [1.54, 1.807) is 0 Å². The summed E-state index contributed by atoms with van der Waals surface area (Å²) in [6, 6.07) is 8.14. The number of aliphatic hydroxyl groups is 1. The zero-order valence-electron chi connectivity index (χ0n) is 18.1. The topological polar surface area (TPSA) is 41.5 Å². The zero-order valence-corrected chi connectivity index (χ0v) is 18.1. The smallest absolute Gasteiger partial charge is 0.122 e. The van der Waals surface area contributed by atoms with Gasteiger partial charge in [0.15, 0.2) is 0 Å². The van der Waals surface area contributed by atoms with Gasteiger partial charge in [0.05, 0.1) is 0 Å². The molecule has 0 bridgehead atoms. The number of ether oxygens (including phenoxy) is 1. The fraction of sp³-hybridized carbons (Fsp3) is 0.600. The van der Waals surface area contributed by atoms with Gasteiger partial charge in [-0.15, -0.1) is 6.58 Å². The Morgan fingerprint density at radius 3 is 2.46 bits per heavy atom. The highest BCUT2D eigenvalue weighted by Crippen LogP contribution is 2.45. The van der Waals surface area contributed by atoms with Crippen molar-refractivity contribution in [2.45, 2.75) is 46.6 Å². The van der Waals surface area contributed by atoms with Crippen LogP contribution in [-0.2, 0) is 6.42 Å². The van der Waals surface area contributed by atoms with Crippen LogP contribution in [0.5, 0.6) is 5.75 Å². The van der Waals surface area contributed by atoms with Crippen molar-refractivity contribution in [3.05, 3.63) is 54.6 Å². The van der Waals surface area contributed by atoms with Crippen molar-refractivity contribution in [3.63, 3.8) is 0 Å². The van der Waals surface area contributed by atoms with Crippen molar-refractivity contribution in [3.8, 4) is 5.75 Å². The molecular formula is C25H39NO2. The minimum atomic E-state index is -0.517. The molecule has 0 radical (unpaired) electrons. The monoisotopic (exact) mass is 385 g/mol. The van der Waals surface area contributed by atoms with Crippen LogP contribution in [0.2, 0.25) is 0 Å². The van der Waals surface area contributed by atoms with Crippen molar-refractivity contribution < 1.29 is 9.84 Å². The normalized spacial score (nSPS) is 28.5. The number of benzene rings is 1. The van der Waals surface area contributed by atoms with Crippen molar-refractivity contribution in [1.29, 1.82) is 0 Å². The van der Waals surface area contributed by atoms with Crippen molar-refractivity contribution >= 4 is 0 Å². The van der Waals surface area contributed by atoms with Crippen LogP contribution in [0.1, 0.15) is 39.7 Å². The summed E-state index contributed by atoms with van der Waals surface area (Å²) in [5.74, 6) is 4.55. The van der Waals surface area contributed by atoms with Crippen LogP contribution < -0.4 is 10.1 Å². The molecule has 0 aromatic heterocycles. The maximum atomic E-state index is 10.1. The molecule has 1 saturated carbocycles. The molecule has 1 aliphatic carbocycles. The third kappa shape index (κ3) is 6.22. The SMILES string of the molecule is C=CCCNCC(O)COc1ccccc1C/C=C/C1C(C)C(C)C(C)C1C. The molecule has 3 nitrogen and oxygen atoms in total. The standard InChI is InChI=1S/C25H39NO2/c1-6-7-15-26-16-23(27)17-28-25-14-9-8-11-22(25)12-10-13-24-20(4)18(2)19(3)21(24)5/h6,8-11,13-14,18-21,23-24,26-27H,1,7,12,15-17H2,2-5H3/b13-10+. The maximum absolute atomic E-state index is 10.1. The first-order valence-electron chi connectivity index (χ1n) is 10.8. The maximum Gasteiger partial charge on any atom is 0.122 e. The van der Waals surface area contributed by atoms with E-state index in [9.17, 15) is 5.11 Å². The largest absolute Gasteiger partial charge is 0.491 e. The van der Waals surface area contributed by atoms with Gasteiger partial charge in [0.2, 0.25) is 0 Å². The summed E-state index contributed by atoms with van der Waals surface area (Å²) >= 11 is 0. The molecule has 2 rings (SSSR count). The van der Waals surface area contributed by atoms with E-state index in [-0.39, 0.29) is 0 Å². The van der Waals surface area contributed by atoms with Gasteiger partial charge in [-0.25, -0.2) is 0 Å². The van der Waals surface area contributed by atoms with E-state index < -0.39 is 6.10 Å². The second-order valence-corrected chi connectivity index (χ2v) is 8.50. The molecule has 2 N–H and O–H groups in total. The van der Waals surface area contributed by atoms with Crippen LogP contribution in [0, 0.1) is 29.6 Å². The summed E-state index contributed by atoms with van der Waals surface area (Å²) < 4.78 is 5.91. The first-order chi connectivity index (χ1) is 13.5. The van der Waals surface area contributed by atoms with E-state index >= 15 is 0 Å². The van der Waals surface area contributed by atoms with E-state index in [1.165, 1.54) is 5.56 Å².